The lowest BCUT2D eigenvalue weighted by atomic mass is 10.2. The van der Waals surface area contributed by atoms with Gasteiger partial charge in [-0.15, -0.1) is 10.2 Å². The van der Waals surface area contributed by atoms with E-state index in [1.807, 2.05) is 48.5 Å². The van der Waals surface area contributed by atoms with Crippen LogP contribution in [0.5, 0.6) is 11.5 Å². The van der Waals surface area contributed by atoms with Gasteiger partial charge in [-0.2, -0.15) is 0 Å². The van der Waals surface area contributed by atoms with E-state index < -0.39 is 0 Å². The number of methoxy groups -OCH3 is 2. The maximum absolute atomic E-state index is 12.5. The van der Waals surface area contributed by atoms with E-state index in [9.17, 15) is 4.79 Å². The maximum Gasteiger partial charge on any atom is 0.220 e. The van der Waals surface area contributed by atoms with Gasteiger partial charge in [0.1, 0.15) is 17.3 Å². The summed E-state index contributed by atoms with van der Waals surface area (Å²) < 4.78 is 12.9. The molecule has 0 saturated carbocycles. The SMILES string of the molecule is COc1cccc(-n2c(CCCC(=O)NCc3ccccc3OC)nnc2SCc2cccc(C)c2)c1. The number of aromatic nitrogens is 3. The summed E-state index contributed by atoms with van der Waals surface area (Å²) in [6, 6.07) is 24.0. The Hall–Kier alpha value is -3.78. The third-order valence-corrected chi connectivity index (χ3v) is 6.94. The van der Waals surface area contributed by atoms with Crippen LogP contribution in [-0.2, 0) is 23.5 Å². The number of nitrogens with one attached hydrogen (secondary N) is 1. The molecule has 0 radical (unpaired) electrons. The van der Waals surface area contributed by atoms with E-state index in [0.29, 0.717) is 25.8 Å². The van der Waals surface area contributed by atoms with Crippen molar-refractivity contribution in [3.05, 3.63) is 95.3 Å². The van der Waals surface area contributed by atoms with Gasteiger partial charge in [0, 0.05) is 36.8 Å². The third kappa shape index (κ3) is 7.13. The Balaban J connectivity index is 1.43. The molecule has 0 bridgehead atoms. The van der Waals surface area contributed by atoms with Gasteiger partial charge >= 0.3 is 0 Å². The number of rotatable bonds is 12. The predicted molar refractivity (Wildman–Crippen MR) is 146 cm³/mol. The second kappa shape index (κ2) is 13.0. The minimum atomic E-state index is -0.00704. The van der Waals surface area contributed by atoms with Crippen LogP contribution in [-0.4, -0.2) is 34.9 Å². The molecule has 4 rings (SSSR count). The molecule has 1 heterocycles. The lowest BCUT2D eigenvalue weighted by Crippen LogP contribution is -2.23. The topological polar surface area (TPSA) is 78.3 Å². The molecule has 0 aliphatic heterocycles. The van der Waals surface area contributed by atoms with Gasteiger partial charge in [0.05, 0.1) is 19.9 Å². The van der Waals surface area contributed by atoms with Crippen molar-refractivity contribution in [2.45, 2.75) is 43.6 Å². The van der Waals surface area contributed by atoms with Crippen molar-refractivity contribution in [3.8, 4) is 17.2 Å². The second-order valence-corrected chi connectivity index (χ2v) is 9.60. The van der Waals surface area contributed by atoms with E-state index in [0.717, 1.165) is 39.5 Å². The molecule has 192 valence electrons. The molecule has 1 N–H and O–H groups in total. The molecule has 4 aromatic rings. The van der Waals surface area contributed by atoms with Crippen LogP contribution in [0.25, 0.3) is 5.69 Å². The van der Waals surface area contributed by atoms with Gasteiger partial charge in [-0.1, -0.05) is 65.9 Å². The fourth-order valence-electron chi connectivity index (χ4n) is 4.05. The summed E-state index contributed by atoms with van der Waals surface area (Å²) in [5.41, 5.74) is 4.36. The number of carbonyl (C=O) groups excluding carboxylic acids is 1. The quantitative estimate of drug-likeness (QED) is 0.250. The van der Waals surface area contributed by atoms with Gasteiger partial charge in [-0.3, -0.25) is 9.36 Å². The van der Waals surface area contributed by atoms with E-state index in [4.69, 9.17) is 9.47 Å². The highest BCUT2D eigenvalue weighted by Crippen LogP contribution is 2.28. The average Bonchev–Trinajstić information content (AvgIpc) is 3.33. The number of nitrogens with zero attached hydrogens (tertiary/aromatic N) is 3. The van der Waals surface area contributed by atoms with Gasteiger partial charge in [-0.05, 0) is 37.1 Å². The minimum Gasteiger partial charge on any atom is -0.497 e. The highest BCUT2D eigenvalue weighted by Gasteiger charge is 2.16. The standard InChI is InChI=1S/C29H32N4O3S/c1-21-9-6-10-22(17-21)20-37-29-32-31-27(33(29)24-12-7-13-25(18-24)35-2)15-8-16-28(34)30-19-23-11-4-5-14-26(23)36-3/h4-7,9-14,17-18H,8,15-16,19-20H2,1-3H3,(H,30,34). The Morgan fingerprint density at radius 1 is 0.973 bits per heavy atom. The summed E-state index contributed by atoms with van der Waals surface area (Å²) in [5, 5.41) is 12.8. The molecule has 8 heteroatoms. The first kappa shape index (κ1) is 26.3. The largest absolute Gasteiger partial charge is 0.497 e. The fourth-order valence-corrected chi connectivity index (χ4v) is 4.97. The number of hydrogen-bond acceptors (Lipinski definition) is 6. The molecule has 0 atom stereocenters. The van der Waals surface area contributed by atoms with Crippen molar-refractivity contribution in [1.29, 1.82) is 0 Å². The smallest absolute Gasteiger partial charge is 0.220 e. The zero-order chi connectivity index (χ0) is 26.0. The van der Waals surface area contributed by atoms with Crippen LogP contribution >= 0.6 is 11.8 Å². The summed E-state index contributed by atoms with van der Waals surface area (Å²) in [6.45, 7) is 2.53. The minimum absolute atomic E-state index is 0.00704. The highest BCUT2D eigenvalue weighted by molar-refractivity contribution is 7.98. The maximum atomic E-state index is 12.5. The van der Waals surface area contributed by atoms with E-state index in [2.05, 4.69) is 51.3 Å². The van der Waals surface area contributed by atoms with Crippen molar-refractivity contribution in [2.24, 2.45) is 0 Å². The van der Waals surface area contributed by atoms with E-state index >= 15 is 0 Å². The fraction of sp³-hybridized carbons (Fsp3) is 0.276. The molecule has 7 nitrogen and oxygen atoms in total. The molecule has 0 saturated heterocycles. The highest BCUT2D eigenvalue weighted by atomic mass is 32.2. The summed E-state index contributed by atoms with van der Waals surface area (Å²) in [5.74, 6) is 3.13. The summed E-state index contributed by atoms with van der Waals surface area (Å²) in [6.07, 6.45) is 1.67. The first-order valence-electron chi connectivity index (χ1n) is 12.2. The van der Waals surface area contributed by atoms with Crippen molar-refractivity contribution < 1.29 is 14.3 Å². The van der Waals surface area contributed by atoms with Gasteiger partial charge in [-0.25, -0.2) is 0 Å². The molecular formula is C29H32N4O3S. The molecule has 37 heavy (non-hydrogen) atoms. The summed E-state index contributed by atoms with van der Waals surface area (Å²) >= 11 is 1.64. The molecule has 3 aromatic carbocycles. The first-order chi connectivity index (χ1) is 18.1. The Labute approximate surface area is 222 Å². The first-order valence-corrected chi connectivity index (χ1v) is 13.2. The Bertz CT molecular complexity index is 1340. The van der Waals surface area contributed by atoms with Crippen molar-refractivity contribution in [1.82, 2.24) is 20.1 Å². The number of carbonyl (C=O) groups is 1. The van der Waals surface area contributed by atoms with Crippen LogP contribution in [0, 0.1) is 6.92 Å². The molecule has 1 amide bonds. The molecule has 1 aromatic heterocycles. The second-order valence-electron chi connectivity index (χ2n) is 8.66. The van der Waals surface area contributed by atoms with E-state index in [-0.39, 0.29) is 5.91 Å². The predicted octanol–water partition coefficient (Wildman–Crippen LogP) is 5.52. The number of ether oxygens (including phenoxy) is 2. The molecule has 0 aliphatic carbocycles. The van der Waals surface area contributed by atoms with Crippen molar-refractivity contribution in [2.75, 3.05) is 14.2 Å². The normalized spacial score (nSPS) is 10.8. The van der Waals surface area contributed by atoms with Crippen LogP contribution in [0.4, 0.5) is 0 Å². The van der Waals surface area contributed by atoms with Crippen LogP contribution in [0.2, 0.25) is 0 Å². The van der Waals surface area contributed by atoms with Crippen molar-refractivity contribution in [3.63, 3.8) is 0 Å². The van der Waals surface area contributed by atoms with Gasteiger partial charge in [0.15, 0.2) is 5.16 Å². The molecular weight excluding hydrogens is 484 g/mol. The van der Waals surface area contributed by atoms with Crippen LogP contribution < -0.4 is 14.8 Å². The van der Waals surface area contributed by atoms with Crippen molar-refractivity contribution >= 4 is 17.7 Å². The van der Waals surface area contributed by atoms with Gasteiger partial charge in [0.25, 0.3) is 0 Å². The van der Waals surface area contributed by atoms with Crippen LogP contribution in [0.1, 0.15) is 35.4 Å². The Morgan fingerprint density at radius 2 is 1.81 bits per heavy atom. The Kier molecular flexibility index (Phi) is 9.21. The summed E-state index contributed by atoms with van der Waals surface area (Å²) in [4.78, 5) is 12.5. The Morgan fingerprint density at radius 3 is 2.62 bits per heavy atom. The molecule has 0 aliphatic rings. The lowest BCUT2D eigenvalue weighted by Gasteiger charge is -2.12. The average molecular weight is 517 g/mol. The molecule has 0 spiro atoms. The summed E-state index contributed by atoms with van der Waals surface area (Å²) in [7, 11) is 3.29. The van der Waals surface area contributed by atoms with Crippen LogP contribution in [0.3, 0.4) is 0 Å². The number of para-hydroxylation sites is 1. The van der Waals surface area contributed by atoms with E-state index in [1.165, 1.54) is 11.1 Å². The number of benzene rings is 3. The zero-order valence-electron chi connectivity index (χ0n) is 21.4. The van der Waals surface area contributed by atoms with Gasteiger partial charge in [0.2, 0.25) is 5.91 Å². The molecule has 0 unspecified atom stereocenters. The number of thioether (sulfide) groups is 1. The van der Waals surface area contributed by atoms with Crippen LogP contribution in [0.15, 0.2) is 78.0 Å². The monoisotopic (exact) mass is 516 g/mol. The molecule has 0 fully saturated rings. The van der Waals surface area contributed by atoms with Gasteiger partial charge < -0.3 is 14.8 Å². The zero-order valence-corrected chi connectivity index (χ0v) is 22.3. The number of amides is 1. The number of aryl methyl sites for hydroxylation is 2. The third-order valence-electron chi connectivity index (χ3n) is 5.94. The number of hydrogen-bond donors (Lipinski definition) is 1. The van der Waals surface area contributed by atoms with E-state index in [1.54, 1.807) is 26.0 Å². The lowest BCUT2D eigenvalue weighted by molar-refractivity contribution is -0.121.